The Bertz CT molecular complexity index is 285. The van der Waals surface area contributed by atoms with E-state index >= 15 is 0 Å². The average molecular weight is 301 g/mol. The largest absolute Gasteiger partial charge is 0.450 e. The monoisotopic (exact) mass is 301 g/mol. The molecule has 1 radical (unpaired) electrons. The van der Waals surface area contributed by atoms with Gasteiger partial charge in [-0.2, -0.15) is 0 Å². The van der Waals surface area contributed by atoms with Crippen molar-refractivity contribution in [3.8, 4) is 0 Å². The number of hydrogen-bond donors (Lipinski definition) is 1. The molecule has 0 aromatic heterocycles. The van der Waals surface area contributed by atoms with Crippen LogP contribution in [0.4, 0.5) is 9.59 Å². The Morgan fingerprint density at radius 1 is 1.05 bits per heavy atom. The molecular formula is C15H29N2O4. The molecule has 0 aliphatic rings. The molecule has 0 unspecified atom stereocenters. The molecule has 0 fully saturated rings. The zero-order chi connectivity index (χ0) is 15.9. The highest BCUT2D eigenvalue weighted by molar-refractivity contribution is 5.68. The normalized spacial score (nSPS) is 10.0. The van der Waals surface area contributed by atoms with E-state index in [1.54, 1.807) is 18.4 Å². The minimum Gasteiger partial charge on any atom is -0.450 e. The molecule has 6 nitrogen and oxygen atoms in total. The molecule has 0 saturated heterocycles. The quantitative estimate of drug-likeness (QED) is 0.594. The average Bonchev–Trinajstić information content (AvgIpc) is 2.47. The van der Waals surface area contributed by atoms with Crippen molar-refractivity contribution < 1.29 is 19.1 Å². The van der Waals surface area contributed by atoms with Gasteiger partial charge >= 0.3 is 12.2 Å². The summed E-state index contributed by atoms with van der Waals surface area (Å²) in [4.78, 5) is 24.7. The van der Waals surface area contributed by atoms with Crippen molar-refractivity contribution in [2.24, 2.45) is 0 Å². The van der Waals surface area contributed by atoms with Gasteiger partial charge in [0.15, 0.2) is 0 Å². The van der Waals surface area contributed by atoms with Gasteiger partial charge in [0.1, 0.15) is 0 Å². The predicted octanol–water partition coefficient (Wildman–Crippen LogP) is 3.32. The van der Waals surface area contributed by atoms with Crippen molar-refractivity contribution in [2.45, 2.75) is 52.9 Å². The van der Waals surface area contributed by atoms with Gasteiger partial charge in [-0.25, -0.2) is 9.59 Å². The van der Waals surface area contributed by atoms with Crippen LogP contribution in [0.3, 0.4) is 0 Å². The van der Waals surface area contributed by atoms with E-state index in [0.29, 0.717) is 32.7 Å². The first-order valence-corrected chi connectivity index (χ1v) is 7.82. The number of nitrogens with zero attached hydrogens (tertiary/aromatic N) is 1. The number of ether oxygens (including phenoxy) is 2. The van der Waals surface area contributed by atoms with Crippen molar-refractivity contribution in [2.75, 3.05) is 26.3 Å². The Labute approximate surface area is 128 Å². The van der Waals surface area contributed by atoms with Crippen molar-refractivity contribution in [3.63, 3.8) is 0 Å². The lowest BCUT2D eigenvalue weighted by Crippen LogP contribution is -2.34. The van der Waals surface area contributed by atoms with Crippen molar-refractivity contribution >= 4 is 12.2 Å². The summed E-state index contributed by atoms with van der Waals surface area (Å²) in [7, 11) is 0. The first kappa shape index (κ1) is 19.5. The summed E-state index contributed by atoms with van der Waals surface area (Å²) in [5.74, 6) is 0. The third kappa shape index (κ3) is 10.9. The molecule has 0 aliphatic carbocycles. The first-order chi connectivity index (χ1) is 10.2. The number of carbonyl (C=O) groups is 2. The molecule has 0 aromatic carbocycles. The van der Waals surface area contributed by atoms with Crippen molar-refractivity contribution in [1.82, 2.24) is 10.2 Å². The summed E-state index contributed by atoms with van der Waals surface area (Å²) in [6, 6.07) is 0. The molecule has 1 N–H and O–H groups in total. The fourth-order valence-electron chi connectivity index (χ4n) is 1.59. The summed E-state index contributed by atoms with van der Waals surface area (Å²) in [5, 5.41) is 2.52. The highest BCUT2D eigenvalue weighted by Gasteiger charge is 2.14. The topological polar surface area (TPSA) is 67.9 Å². The fourth-order valence-corrected chi connectivity index (χ4v) is 1.59. The SMILES string of the molecule is CCCCOC(=O)N(CC[CH]NC(=O)OCC)CCCC. The number of nitrogens with one attached hydrogen (secondary N) is 1. The van der Waals surface area contributed by atoms with Gasteiger partial charge in [0.25, 0.3) is 0 Å². The number of hydrogen-bond acceptors (Lipinski definition) is 4. The predicted molar refractivity (Wildman–Crippen MR) is 81.8 cm³/mol. The van der Waals surface area contributed by atoms with Crippen LogP contribution in [0.5, 0.6) is 0 Å². The zero-order valence-corrected chi connectivity index (χ0v) is 13.5. The number of alkyl carbamates (subject to hydrolysis) is 1. The van der Waals surface area contributed by atoms with Crippen LogP contribution in [0.25, 0.3) is 0 Å². The molecule has 6 heteroatoms. The molecule has 0 rings (SSSR count). The van der Waals surface area contributed by atoms with E-state index < -0.39 is 6.09 Å². The lowest BCUT2D eigenvalue weighted by Gasteiger charge is -2.21. The summed E-state index contributed by atoms with van der Waals surface area (Å²) >= 11 is 0. The smallest absolute Gasteiger partial charge is 0.409 e. The second kappa shape index (κ2) is 13.5. The van der Waals surface area contributed by atoms with Crippen LogP contribution < -0.4 is 5.32 Å². The first-order valence-electron chi connectivity index (χ1n) is 7.82. The van der Waals surface area contributed by atoms with Gasteiger partial charge in [0, 0.05) is 13.1 Å². The second-order valence-corrected chi connectivity index (χ2v) is 4.67. The molecule has 123 valence electrons. The van der Waals surface area contributed by atoms with Crippen LogP contribution in [-0.2, 0) is 9.47 Å². The van der Waals surface area contributed by atoms with Gasteiger partial charge in [0.2, 0.25) is 0 Å². The van der Waals surface area contributed by atoms with Crippen molar-refractivity contribution in [3.05, 3.63) is 6.54 Å². The Balaban J connectivity index is 3.99. The van der Waals surface area contributed by atoms with E-state index in [1.807, 2.05) is 0 Å². The molecule has 0 atom stereocenters. The maximum absolute atomic E-state index is 11.9. The molecule has 0 bridgehead atoms. The summed E-state index contributed by atoms with van der Waals surface area (Å²) in [6.45, 7) is 9.49. The molecule has 21 heavy (non-hydrogen) atoms. The standard InChI is InChI=1S/C15H29N2O4/c1-4-7-11-17(15(19)21-13-8-5-2)12-9-10-16-14(18)20-6-3/h10H,4-9,11-13H2,1-3H3,(H,16,18). The lowest BCUT2D eigenvalue weighted by atomic mass is 10.3. The van der Waals surface area contributed by atoms with E-state index in [-0.39, 0.29) is 6.09 Å². The maximum atomic E-state index is 11.9. The highest BCUT2D eigenvalue weighted by Crippen LogP contribution is 2.02. The third-order valence-corrected chi connectivity index (χ3v) is 2.80. The van der Waals surface area contributed by atoms with Gasteiger partial charge in [-0.1, -0.05) is 26.7 Å². The molecule has 0 heterocycles. The van der Waals surface area contributed by atoms with Gasteiger partial charge in [-0.05, 0) is 26.2 Å². The molecule has 2 amide bonds. The van der Waals surface area contributed by atoms with Gasteiger partial charge < -0.3 is 19.7 Å². The summed E-state index contributed by atoms with van der Waals surface area (Å²) in [5.41, 5.74) is 0. The van der Waals surface area contributed by atoms with E-state index in [1.165, 1.54) is 0 Å². The Kier molecular flexibility index (Phi) is 12.6. The van der Waals surface area contributed by atoms with Gasteiger partial charge in [0.05, 0.1) is 19.8 Å². The molecule has 0 saturated carbocycles. The highest BCUT2D eigenvalue weighted by atomic mass is 16.6. The van der Waals surface area contributed by atoms with Crippen LogP contribution in [0.1, 0.15) is 52.9 Å². The Morgan fingerprint density at radius 3 is 2.38 bits per heavy atom. The van der Waals surface area contributed by atoms with Crippen LogP contribution >= 0.6 is 0 Å². The molecule has 0 aromatic rings. The number of amides is 2. The summed E-state index contributed by atoms with van der Waals surface area (Å²) < 4.78 is 9.96. The fraction of sp³-hybridized carbons (Fsp3) is 0.800. The maximum Gasteiger partial charge on any atom is 0.409 e. The number of unbranched alkanes of at least 4 members (excludes halogenated alkanes) is 2. The minimum absolute atomic E-state index is 0.276. The second-order valence-electron chi connectivity index (χ2n) is 4.67. The Morgan fingerprint density at radius 2 is 1.76 bits per heavy atom. The molecular weight excluding hydrogens is 272 g/mol. The van der Waals surface area contributed by atoms with E-state index in [2.05, 4.69) is 19.2 Å². The van der Waals surface area contributed by atoms with Crippen LogP contribution in [0.2, 0.25) is 0 Å². The van der Waals surface area contributed by atoms with Gasteiger partial charge in [-0.15, -0.1) is 0 Å². The Hall–Kier alpha value is -1.46. The minimum atomic E-state index is -0.469. The van der Waals surface area contributed by atoms with E-state index in [4.69, 9.17) is 9.47 Å². The summed E-state index contributed by atoms with van der Waals surface area (Å²) in [6.07, 6.45) is 3.65. The van der Waals surface area contributed by atoms with Crippen LogP contribution in [-0.4, -0.2) is 43.4 Å². The lowest BCUT2D eigenvalue weighted by molar-refractivity contribution is 0.101. The van der Waals surface area contributed by atoms with Gasteiger partial charge in [-0.3, -0.25) is 0 Å². The van der Waals surface area contributed by atoms with Crippen LogP contribution in [0, 0.1) is 6.54 Å². The number of rotatable bonds is 11. The zero-order valence-electron chi connectivity index (χ0n) is 13.5. The molecule has 0 spiro atoms. The third-order valence-electron chi connectivity index (χ3n) is 2.80. The van der Waals surface area contributed by atoms with Crippen LogP contribution in [0.15, 0.2) is 0 Å². The molecule has 0 aliphatic heterocycles. The number of carbonyl (C=O) groups excluding carboxylic acids is 2. The van der Waals surface area contributed by atoms with E-state index in [0.717, 1.165) is 25.7 Å². The van der Waals surface area contributed by atoms with E-state index in [9.17, 15) is 9.59 Å². The van der Waals surface area contributed by atoms with Crippen molar-refractivity contribution in [1.29, 1.82) is 0 Å².